The van der Waals surface area contributed by atoms with Gasteiger partial charge in [-0.05, 0) is 23.8 Å². The summed E-state index contributed by atoms with van der Waals surface area (Å²) in [6.45, 7) is 0. The van der Waals surface area contributed by atoms with E-state index in [1.165, 1.54) is 10.6 Å². The van der Waals surface area contributed by atoms with E-state index in [-0.39, 0.29) is 11.5 Å². The quantitative estimate of drug-likeness (QED) is 0.734. The predicted molar refractivity (Wildman–Crippen MR) is 74.5 cm³/mol. The average molecular weight is 279 g/mol. The normalized spacial score (nSPS) is 10.4. The molecule has 0 unspecified atom stereocenters. The highest BCUT2D eigenvalue weighted by molar-refractivity contribution is 5.97. The Bertz CT molecular complexity index is 907. The van der Waals surface area contributed by atoms with Gasteiger partial charge in [-0.15, -0.1) is 5.10 Å². The minimum atomic E-state index is -1.09. The van der Waals surface area contributed by atoms with Crippen LogP contribution in [0, 0.1) is 11.3 Å². The van der Waals surface area contributed by atoms with Crippen molar-refractivity contribution in [2.45, 2.75) is 0 Å². The molecule has 0 spiro atoms. The molecule has 2 aromatic heterocycles. The van der Waals surface area contributed by atoms with Crippen LogP contribution in [0.4, 0.5) is 5.95 Å². The van der Waals surface area contributed by atoms with Crippen molar-refractivity contribution in [3.8, 4) is 17.2 Å². The highest BCUT2D eigenvalue weighted by Crippen LogP contribution is 2.25. The molecule has 102 valence electrons. The van der Waals surface area contributed by atoms with Crippen LogP contribution in [0.5, 0.6) is 0 Å². The Kier molecular flexibility index (Phi) is 2.77. The summed E-state index contributed by atoms with van der Waals surface area (Å²) in [5.41, 5.74) is 7.44. The summed E-state index contributed by atoms with van der Waals surface area (Å²) in [7, 11) is 0. The molecule has 0 atom stereocenters. The first-order valence-electron chi connectivity index (χ1n) is 5.98. The van der Waals surface area contributed by atoms with E-state index in [0.717, 1.165) is 0 Å². The van der Waals surface area contributed by atoms with E-state index in [9.17, 15) is 9.90 Å². The first-order chi connectivity index (χ1) is 10.1. The van der Waals surface area contributed by atoms with E-state index in [4.69, 9.17) is 11.0 Å². The fraction of sp³-hybridized carbons (Fsp3) is 0. The monoisotopic (exact) mass is 279 g/mol. The number of nitriles is 1. The zero-order valence-corrected chi connectivity index (χ0v) is 10.7. The van der Waals surface area contributed by atoms with Crippen LogP contribution in [0.15, 0.2) is 36.5 Å². The standard InChI is InChI=1S/C14H9N5O2/c15-6-8-2-1-3-9(4-8)11-7-19-12(17-14(16)18-19)5-10(11)13(20)21/h1-5,7H,(H2,16,18)(H,20,21). The van der Waals surface area contributed by atoms with E-state index in [1.807, 2.05) is 6.07 Å². The van der Waals surface area contributed by atoms with Crippen molar-refractivity contribution in [2.24, 2.45) is 0 Å². The van der Waals surface area contributed by atoms with Gasteiger partial charge in [0.05, 0.1) is 17.2 Å². The number of nitrogens with zero attached hydrogens (tertiary/aromatic N) is 4. The molecule has 21 heavy (non-hydrogen) atoms. The van der Waals surface area contributed by atoms with E-state index in [2.05, 4.69) is 10.1 Å². The Labute approximate surface area is 118 Å². The maximum Gasteiger partial charge on any atom is 0.336 e. The number of carboxylic acids is 1. The lowest BCUT2D eigenvalue weighted by molar-refractivity contribution is 0.0697. The summed E-state index contributed by atoms with van der Waals surface area (Å²) in [6, 6.07) is 10.1. The Hall–Kier alpha value is -3.40. The van der Waals surface area contributed by atoms with Crippen molar-refractivity contribution >= 4 is 17.6 Å². The van der Waals surface area contributed by atoms with Crippen molar-refractivity contribution in [1.29, 1.82) is 5.26 Å². The summed E-state index contributed by atoms with van der Waals surface area (Å²) >= 11 is 0. The molecule has 3 aromatic rings. The van der Waals surface area contributed by atoms with Crippen LogP contribution in [-0.2, 0) is 0 Å². The summed E-state index contributed by atoms with van der Waals surface area (Å²) in [6.07, 6.45) is 1.54. The molecule has 7 nitrogen and oxygen atoms in total. The van der Waals surface area contributed by atoms with Gasteiger partial charge in [-0.3, -0.25) is 0 Å². The van der Waals surface area contributed by atoms with Crippen LogP contribution in [0.25, 0.3) is 16.8 Å². The molecular formula is C14H9N5O2. The van der Waals surface area contributed by atoms with Crippen molar-refractivity contribution in [3.63, 3.8) is 0 Å². The van der Waals surface area contributed by atoms with Gasteiger partial charge in [0.2, 0.25) is 5.95 Å². The predicted octanol–water partition coefficient (Wildman–Crippen LogP) is 1.55. The summed E-state index contributed by atoms with van der Waals surface area (Å²) in [5, 5.41) is 22.3. The maximum atomic E-state index is 11.4. The average Bonchev–Trinajstić information content (AvgIpc) is 2.85. The third-order valence-corrected chi connectivity index (χ3v) is 3.02. The first kappa shape index (κ1) is 12.6. The number of aromatic nitrogens is 3. The summed E-state index contributed by atoms with van der Waals surface area (Å²) in [4.78, 5) is 15.4. The molecule has 0 fully saturated rings. The molecular weight excluding hydrogens is 270 g/mol. The number of carboxylic acid groups (broad SMARTS) is 1. The lowest BCUT2D eigenvalue weighted by Gasteiger charge is -2.07. The van der Waals surface area contributed by atoms with Gasteiger partial charge in [0.25, 0.3) is 0 Å². The largest absolute Gasteiger partial charge is 0.478 e. The molecule has 0 radical (unpaired) electrons. The first-order valence-corrected chi connectivity index (χ1v) is 5.98. The van der Waals surface area contributed by atoms with Gasteiger partial charge in [-0.1, -0.05) is 12.1 Å². The highest BCUT2D eigenvalue weighted by Gasteiger charge is 2.15. The lowest BCUT2D eigenvalue weighted by Crippen LogP contribution is -2.02. The highest BCUT2D eigenvalue weighted by atomic mass is 16.4. The van der Waals surface area contributed by atoms with Gasteiger partial charge in [-0.25, -0.2) is 9.31 Å². The van der Waals surface area contributed by atoms with Crippen molar-refractivity contribution < 1.29 is 9.90 Å². The molecule has 3 N–H and O–H groups in total. The minimum absolute atomic E-state index is 0.0641. The Morgan fingerprint density at radius 1 is 1.38 bits per heavy atom. The number of aromatic carboxylic acids is 1. The molecule has 3 rings (SSSR count). The summed E-state index contributed by atoms with van der Waals surface area (Å²) < 4.78 is 1.41. The van der Waals surface area contributed by atoms with E-state index in [0.29, 0.717) is 22.3 Å². The molecule has 1 aromatic carbocycles. The number of hydrogen-bond acceptors (Lipinski definition) is 5. The van der Waals surface area contributed by atoms with Crippen LogP contribution < -0.4 is 5.73 Å². The molecule has 0 bridgehead atoms. The van der Waals surface area contributed by atoms with Crippen LogP contribution >= 0.6 is 0 Å². The topological polar surface area (TPSA) is 117 Å². The molecule has 2 heterocycles. The zero-order chi connectivity index (χ0) is 15.0. The summed E-state index contributed by atoms with van der Waals surface area (Å²) in [5.74, 6) is -1.02. The number of nitrogen functional groups attached to an aromatic ring is 1. The molecule has 0 aliphatic carbocycles. The van der Waals surface area contributed by atoms with Crippen molar-refractivity contribution in [2.75, 3.05) is 5.73 Å². The van der Waals surface area contributed by atoms with E-state index >= 15 is 0 Å². The number of rotatable bonds is 2. The number of anilines is 1. The fourth-order valence-corrected chi connectivity index (χ4v) is 2.11. The Morgan fingerprint density at radius 2 is 2.19 bits per heavy atom. The zero-order valence-electron chi connectivity index (χ0n) is 10.7. The molecule has 0 saturated carbocycles. The van der Waals surface area contributed by atoms with Crippen LogP contribution in [0.1, 0.15) is 15.9 Å². The van der Waals surface area contributed by atoms with Crippen LogP contribution in [0.2, 0.25) is 0 Å². The van der Waals surface area contributed by atoms with E-state index < -0.39 is 5.97 Å². The van der Waals surface area contributed by atoms with Crippen molar-refractivity contribution in [1.82, 2.24) is 14.6 Å². The van der Waals surface area contributed by atoms with Crippen LogP contribution in [-0.4, -0.2) is 25.7 Å². The number of nitrogens with two attached hydrogens (primary N) is 1. The van der Waals surface area contributed by atoms with Crippen LogP contribution in [0.3, 0.4) is 0 Å². The molecule has 0 amide bonds. The van der Waals surface area contributed by atoms with Gasteiger partial charge in [0.1, 0.15) is 0 Å². The Morgan fingerprint density at radius 3 is 2.90 bits per heavy atom. The second-order valence-electron chi connectivity index (χ2n) is 4.37. The number of fused-ring (bicyclic) bond motifs is 1. The van der Waals surface area contributed by atoms with Gasteiger partial charge in [0.15, 0.2) is 5.65 Å². The second-order valence-corrected chi connectivity index (χ2v) is 4.37. The smallest absolute Gasteiger partial charge is 0.336 e. The lowest BCUT2D eigenvalue weighted by atomic mass is 10.0. The fourth-order valence-electron chi connectivity index (χ4n) is 2.11. The molecule has 0 aliphatic rings. The maximum absolute atomic E-state index is 11.4. The number of pyridine rings is 1. The van der Waals surface area contributed by atoms with E-state index in [1.54, 1.807) is 30.5 Å². The van der Waals surface area contributed by atoms with Gasteiger partial charge >= 0.3 is 5.97 Å². The number of carbonyl (C=O) groups is 1. The molecule has 7 heteroatoms. The Balaban J connectivity index is 2.31. The van der Waals surface area contributed by atoms with Crippen molar-refractivity contribution in [3.05, 3.63) is 47.7 Å². The minimum Gasteiger partial charge on any atom is -0.478 e. The van der Waals surface area contributed by atoms with Gasteiger partial charge in [-0.2, -0.15) is 10.2 Å². The second kappa shape index (κ2) is 4.61. The molecule has 0 aliphatic heterocycles. The SMILES string of the molecule is N#Cc1cccc(-c2cn3nc(N)nc3cc2C(=O)O)c1. The van der Waals surface area contributed by atoms with Gasteiger partial charge in [0, 0.05) is 11.8 Å². The number of benzene rings is 1. The third kappa shape index (κ3) is 2.15. The van der Waals surface area contributed by atoms with Gasteiger partial charge < -0.3 is 10.8 Å². The molecule has 0 saturated heterocycles. The third-order valence-electron chi connectivity index (χ3n) is 3.02. The number of hydrogen-bond donors (Lipinski definition) is 2.